The maximum absolute atomic E-state index is 11.6. The van der Waals surface area contributed by atoms with Gasteiger partial charge in [-0.15, -0.1) is 23.2 Å². The first kappa shape index (κ1) is 13.1. The van der Waals surface area contributed by atoms with Crippen LogP contribution >= 0.6 is 23.2 Å². The molecule has 0 spiro atoms. The Kier molecular flexibility index (Phi) is 4.30. The van der Waals surface area contributed by atoms with Crippen molar-refractivity contribution in [3.05, 3.63) is 0 Å². The van der Waals surface area contributed by atoms with Gasteiger partial charge in [-0.25, -0.2) is 0 Å². The number of carbonyl (C=O) groups is 1. The van der Waals surface area contributed by atoms with E-state index in [1.165, 1.54) is 0 Å². The van der Waals surface area contributed by atoms with Crippen molar-refractivity contribution in [3.8, 4) is 0 Å². The van der Waals surface area contributed by atoms with E-state index >= 15 is 0 Å². The van der Waals surface area contributed by atoms with Crippen LogP contribution in [0.4, 0.5) is 0 Å². The standard InChI is InChI=1S/C11H19Cl2NO/c1-7(2)4-5-8(3)14-10(15)9-6-11(9,12)13/h7-9H,4-6H2,1-3H3,(H,14,15). The summed E-state index contributed by atoms with van der Waals surface area (Å²) in [5.41, 5.74) is 0. The number of nitrogens with one attached hydrogen (secondary N) is 1. The SMILES string of the molecule is CC(C)CCC(C)NC(=O)C1CC1(Cl)Cl. The molecule has 0 radical (unpaired) electrons. The van der Waals surface area contributed by atoms with E-state index in [4.69, 9.17) is 23.2 Å². The molecule has 0 aromatic carbocycles. The second-order valence-corrected chi connectivity index (χ2v) is 6.44. The molecule has 0 bridgehead atoms. The Hall–Kier alpha value is 0.0500. The number of halogens is 2. The molecule has 0 aliphatic heterocycles. The zero-order valence-corrected chi connectivity index (χ0v) is 11.0. The predicted octanol–water partition coefficient (Wildman–Crippen LogP) is 3.12. The third-order valence-corrected chi connectivity index (χ3v) is 3.54. The fraction of sp³-hybridized carbons (Fsp3) is 0.909. The van der Waals surface area contributed by atoms with Crippen molar-refractivity contribution in [3.63, 3.8) is 0 Å². The van der Waals surface area contributed by atoms with Crippen LogP contribution in [-0.2, 0) is 4.79 Å². The molecule has 0 aromatic rings. The van der Waals surface area contributed by atoms with Gasteiger partial charge in [-0.2, -0.15) is 0 Å². The van der Waals surface area contributed by atoms with E-state index in [-0.39, 0.29) is 17.9 Å². The van der Waals surface area contributed by atoms with Gasteiger partial charge in [0.25, 0.3) is 0 Å². The molecule has 1 aliphatic rings. The third-order valence-electron chi connectivity index (χ3n) is 2.71. The summed E-state index contributed by atoms with van der Waals surface area (Å²) in [5, 5.41) is 2.94. The zero-order valence-electron chi connectivity index (χ0n) is 9.52. The normalized spacial score (nSPS) is 25.1. The van der Waals surface area contributed by atoms with E-state index in [2.05, 4.69) is 19.2 Å². The van der Waals surface area contributed by atoms with Crippen LogP contribution in [0.3, 0.4) is 0 Å². The Balaban J connectivity index is 2.21. The van der Waals surface area contributed by atoms with Crippen LogP contribution in [0.15, 0.2) is 0 Å². The molecule has 2 unspecified atom stereocenters. The second kappa shape index (κ2) is 4.92. The number of rotatable bonds is 5. The first-order chi connectivity index (χ1) is 6.83. The van der Waals surface area contributed by atoms with E-state index in [0.717, 1.165) is 12.8 Å². The third kappa shape index (κ3) is 4.20. The molecule has 1 rings (SSSR count). The summed E-state index contributed by atoms with van der Waals surface area (Å²) in [7, 11) is 0. The van der Waals surface area contributed by atoms with E-state index in [1.807, 2.05) is 6.92 Å². The Labute approximate surface area is 102 Å². The minimum atomic E-state index is -0.804. The Bertz CT molecular complexity index is 241. The van der Waals surface area contributed by atoms with Crippen molar-refractivity contribution in [2.75, 3.05) is 0 Å². The lowest BCUT2D eigenvalue weighted by Gasteiger charge is -2.15. The summed E-state index contributed by atoms with van der Waals surface area (Å²) in [6.45, 7) is 6.38. The van der Waals surface area contributed by atoms with Gasteiger partial charge in [-0.3, -0.25) is 4.79 Å². The number of hydrogen-bond donors (Lipinski definition) is 1. The van der Waals surface area contributed by atoms with E-state index in [0.29, 0.717) is 12.3 Å². The summed E-state index contributed by atoms with van der Waals surface area (Å²) in [5.74, 6) is 0.462. The van der Waals surface area contributed by atoms with Gasteiger partial charge in [0.05, 0.1) is 5.92 Å². The van der Waals surface area contributed by atoms with Crippen molar-refractivity contribution < 1.29 is 4.79 Å². The molecule has 1 amide bonds. The molecular formula is C11H19Cl2NO. The highest BCUT2D eigenvalue weighted by atomic mass is 35.5. The summed E-state index contributed by atoms with van der Waals surface area (Å²) < 4.78 is -0.804. The molecule has 0 aromatic heterocycles. The molecule has 4 heteroatoms. The Morgan fingerprint density at radius 3 is 2.33 bits per heavy atom. The van der Waals surface area contributed by atoms with Gasteiger partial charge in [0.15, 0.2) is 0 Å². The van der Waals surface area contributed by atoms with Gasteiger partial charge >= 0.3 is 0 Å². The molecule has 1 saturated carbocycles. The summed E-state index contributed by atoms with van der Waals surface area (Å²) in [6.07, 6.45) is 2.71. The van der Waals surface area contributed by atoms with Gasteiger partial charge in [0.1, 0.15) is 4.33 Å². The van der Waals surface area contributed by atoms with Gasteiger partial charge in [-0.05, 0) is 32.1 Å². The smallest absolute Gasteiger partial charge is 0.226 e. The molecule has 0 heterocycles. The monoisotopic (exact) mass is 251 g/mol. The number of carbonyl (C=O) groups excluding carboxylic acids is 1. The molecule has 2 atom stereocenters. The second-order valence-electron chi connectivity index (χ2n) is 4.90. The Morgan fingerprint density at radius 2 is 1.93 bits per heavy atom. The number of alkyl halides is 2. The lowest BCUT2D eigenvalue weighted by atomic mass is 10.0. The van der Waals surface area contributed by atoms with Crippen LogP contribution < -0.4 is 5.32 Å². The number of hydrogen-bond acceptors (Lipinski definition) is 1. The molecule has 1 aliphatic carbocycles. The maximum atomic E-state index is 11.6. The average Bonchev–Trinajstić information content (AvgIpc) is 2.72. The van der Waals surface area contributed by atoms with Crippen molar-refractivity contribution >= 4 is 29.1 Å². The molecule has 1 fully saturated rings. The highest BCUT2D eigenvalue weighted by Crippen LogP contribution is 2.53. The minimum absolute atomic E-state index is 0.00347. The fourth-order valence-electron chi connectivity index (χ4n) is 1.50. The van der Waals surface area contributed by atoms with E-state index in [1.54, 1.807) is 0 Å². The average molecular weight is 252 g/mol. The van der Waals surface area contributed by atoms with Gasteiger partial charge in [-0.1, -0.05) is 13.8 Å². The maximum Gasteiger partial charge on any atom is 0.226 e. The topological polar surface area (TPSA) is 29.1 Å². The van der Waals surface area contributed by atoms with Gasteiger partial charge in [0.2, 0.25) is 5.91 Å². The lowest BCUT2D eigenvalue weighted by molar-refractivity contribution is -0.123. The van der Waals surface area contributed by atoms with Crippen LogP contribution in [0.25, 0.3) is 0 Å². The molecule has 15 heavy (non-hydrogen) atoms. The highest BCUT2D eigenvalue weighted by Gasteiger charge is 2.56. The van der Waals surface area contributed by atoms with E-state index in [9.17, 15) is 4.79 Å². The molecule has 2 nitrogen and oxygen atoms in total. The number of amides is 1. The quantitative estimate of drug-likeness (QED) is 0.748. The largest absolute Gasteiger partial charge is 0.353 e. The zero-order chi connectivity index (χ0) is 11.6. The molecule has 88 valence electrons. The van der Waals surface area contributed by atoms with Crippen LogP contribution in [0.1, 0.15) is 40.0 Å². The first-order valence-electron chi connectivity index (χ1n) is 5.51. The molecule has 1 N–H and O–H groups in total. The fourth-order valence-corrected chi connectivity index (χ4v) is 2.00. The lowest BCUT2D eigenvalue weighted by Crippen LogP contribution is -2.34. The van der Waals surface area contributed by atoms with Crippen molar-refractivity contribution in [2.45, 2.75) is 50.4 Å². The first-order valence-corrected chi connectivity index (χ1v) is 6.26. The highest BCUT2D eigenvalue weighted by molar-refractivity contribution is 6.52. The van der Waals surface area contributed by atoms with Gasteiger partial charge in [0, 0.05) is 6.04 Å². The summed E-state index contributed by atoms with van der Waals surface area (Å²) >= 11 is 11.6. The summed E-state index contributed by atoms with van der Waals surface area (Å²) in [6, 6.07) is 0.213. The predicted molar refractivity (Wildman–Crippen MR) is 64.2 cm³/mol. The van der Waals surface area contributed by atoms with Crippen molar-refractivity contribution in [2.24, 2.45) is 11.8 Å². The Morgan fingerprint density at radius 1 is 1.40 bits per heavy atom. The van der Waals surface area contributed by atoms with Crippen LogP contribution in [0, 0.1) is 11.8 Å². The van der Waals surface area contributed by atoms with Crippen LogP contribution in [0.5, 0.6) is 0 Å². The van der Waals surface area contributed by atoms with E-state index < -0.39 is 4.33 Å². The van der Waals surface area contributed by atoms with Gasteiger partial charge < -0.3 is 5.32 Å². The minimum Gasteiger partial charge on any atom is -0.353 e. The molecular weight excluding hydrogens is 233 g/mol. The van der Waals surface area contributed by atoms with Crippen molar-refractivity contribution in [1.82, 2.24) is 5.32 Å². The van der Waals surface area contributed by atoms with Crippen LogP contribution in [0.2, 0.25) is 0 Å². The molecule has 0 saturated heterocycles. The van der Waals surface area contributed by atoms with Crippen molar-refractivity contribution in [1.29, 1.82) is 0 Å². The summed E-state index contributed by atoms with van der Waals surface area (Å²) in [4.78, 5) is 11.6. The van der Waals surface area contributed by atoms with Crippen LogP contribution in [-0.4, -0.2) is 16.3 Å².